The molecule has 0 amide bonds. The van der Waals surface area contributed by atoms with E-state index >= 15 is 0 Å². The van der Waals surface area contributed by atoms with E-state index in [1.807, 2.05) is 0 Å². The molecule has 4 unspecified atom stereocenters. The van der Waals surface area contributed by atoms with Crippen LogP contribution in [0.2, 0.25) is 0 Å². The SMILES string of the molecule is [CH2]C(C)C1CCC(C)(C)C2OC12. The molecule has 1 aliphatic carbocycles. The first-order valence-electron chi connectivity index (χ1n) is 5.01. The summed E-state index contributed by atoms with van der Waals surface area (Å²) >= 11 is 0. The summed E-state index contributed by atoms with van der Waals surface area (Å²) in [5.41, 5.74) is 0.427. The van der Waals surface area contributed by atoms with Gasteiger partial charge in [0.25, 0.3) is 0 Å². The average molecular weight is 167 g/mol. The Labute approximate surface area is 75.5 Å². The number of ether oxygens (including phenoxy) is 1. The zero-order valence-corrected chi connectivity index (χ0v) is 8.34. The Balaban J connectivity index is 2.03. The fourth-order valence-electron chi connectivity index (χ4n) is 2.53. The number of epoxide rings is 1. The largest absolute Gasteiger partial charge is 0.369 e. The van der Waals surface area contributed by atoms with Crippen LogP contribution in [0.4, 0.5) is 0 Å². The highest BCUT2D eigenvalue weighted by atomic mass is 16.6. The molecule has 0 bridgehead atoms. The van der Waals surface area contributed by atoms with Crippen LogP contribution in [-0.4, -0.2) is 12.2 Å². The maximum absolute atomic E-state index is 5.73. The van der Waals surface area contributed by atoms with Crippen molar-refractivity contribution in [2.45, 2.75) is 45.8 Å². The maximum Gasteiger partial charge on any atom is 0.0895 e. The molecule has 1 aliphatic heterocycles. The van der Waals surface area contributed by atoms with Gasteiger partial charge in [-0.05, 0) is 30.1 Å². The Bertz CT molecular complexity index is 183. The van der Waals surface area contributed by atoms with Gasteiger partial charge in [-0.3, -0.25) is 0 Å². The predicted octanol–water partition coefficient (Wildman–Crippen LogP) is 2.66. The molecular formula is C11H19O. The summed E-state index contributed by atoms with van der Waals surface area (Å²) in [5, 5.41) is 0. The van der Waals surface area contributed by atoms with Gasteiger partial charge in [0.05, 0.1) is 12.2 Å². The van der Waals surface area contributed by atoms with Crippen LogP contribution in [0.15, 0.2) is 0 Å². The molecular weight excluding hydrogens is 148 g/mol. The van der Waals surface area contributed by atoms with Gasteiger partial charge in [0.15, 0.2) is 0 Å². The summed E-state index contributed by atoms with van der Waals surface area (Å²) in [5.74, 6) is 1.28. The van der Waals surface area contributed by atoms with Crippen molar-refractivity contribution in [3.63, 3.8) is 0 Å². The Kier molecular flexibility index (Phi) is 1.76. The van der Waals surface area contributed by atoms with Crippen LogP contribution >= 0.6 is 0 Å². The van der Waals surface area contributed by atoms with Crippen LogP contribution in [0, 0.1) is 24.2 Å². The number of hydrogen-bond acceptors (Lipinski definition) is 1. The van der Waals surface area contributed by atoms with Gasteiger partial charge in [-0.25, -0.2) is 0 Å². The summed E-state index contributed by atoms with van der Waals surface area (Å²) in [6, 6.07) is 0. The van der Waals surface area contributed by atoms with E-state index < -0.39 is 0 Å². The minimum Gasteiger partial charge on any atom is -0.369 e. The zero-order valence-electron chi connectivity index (χ0n) is 8.34. The fourth-order valence-corrected chi connectivity index (χ4v) is 2.53. The highest BCUT2D eigenvalue weighted by Gasteiger charge is 2.56. The van der Waals surface area contributed by atoms with Gasteiger partial charge >= 0.3 is 0 Å². The second-order valence-corrected chi connectivity index (χ2v) is 5.19. The minimum absolute atomic E-state index is 0.427. The molecule has 1 heteroatoms. The van der Waals surface area contributed by atoms with Crippen molar-refractivity contribution in [1.29, 1.82) is 0 Å². The second-order valence-electron chi connectivity index (χ2n) is 5.19. The molecule has 2 aliphatic rings. The summed E-state index contributed by atoms with van der Waals surface area (Å²) in [6.07, 6.45) is 3.69. The maximum atomic E-state index is 5.73. The molecule has 4 atom stereocenters. The van der Waals surface area contributed by atoms with Crippen molar-refractivity contribution in [2.24, 2.45) is 17.3 Å². The van der Waals surface area contributed by atoms with Crippen LogP contribution in [-0.2, 0) is 4.74 Å². The van der Waals surface area contributed by atoms with Gasteiger partial charge < -0.3 is 4.74 Å². The zero-order chi connectivity index (χ0) is 8.93. The van der Waals surface area contributed by atoms with Crippen molar-refractivity contribution in [3.05, 3.63) is 6.92 Å². The Hall–Kier alpha value is -0.0400. The third kappa shape index (κ3) is 1.19. The van der Waals surface area contributed by atoms with Gasteiger partial charge in [0.1, 0.15) is 0 Å². The lowest BCUT2D eigenvalue weighted by Crippen LogP contribution is -2.32. The molecule has 1 saturated carbocycles. The summed E-state index contributed by atoms with van der Waals surface area (Å²) < 4.78 is 5.73. The molecule has 0 aromatic rings. The van der Waals surface area contributed by atoms with Crippen LogP contribution in [0.25, 0.3) is 0 Å². The van der Waals surface area contributed by atoms with Gasteiger partial charge in [-0.2, -0.15) is 0 Å². The Morgan fingerprint density at radius 1 is 1.50 bits per heavy atom. The smallest absolute Gasteiger partial charge is 0.0895 e. The Morgan fingerprint density at radius 3 is 2.75 bits per heavy atom. The lowest BCUT2D eigenvalue weighted by Gasteiger charge is -2.32. The first kappa shape index (κ1) is 8.55. The molecule has 1 nitrogen and oxygen atoms in total. The molecule has 0 spiro atoms. The van der Waals surface area contributed by atoms with Crippen molar-refractivity contribution in [3.8, 4) is 0 Å². The molecule has 0 aromatic heterocycles. The van der Waals surface area contributed by atoms with E-state index in [2.05, 4.69) is 27.7 Å². The third-order valence-electron chi connectivity index (χ3n) is 3.57. The van der Waals surface area contributed by atoms with E-state index in [-0.39, 0.29) is 0 Å². The molecule has 1 radical (unpaired) electrons. The fraction of sp³-hybridized carbons (Fsp3) is 0.909. The van der Waals surface area contributed by atoms with Crippen LogP contribution in [0.1, 0.15) is 33.6 Å². The lowest BCUT2D eigenvalue weighted by atomic mass is 9.70. The quantitative estimate of drug-likeness (QED) is 0.547. The second kappa shape index (κ2) is 2.47. The van der Waals surface area contributed by atoms with Crippen molar-refractivity contribution in [2.75, 3.05) is 0 Å². The topological polar surface area (TPSA) is 12.5 Å². The van der Waals surface area contributed by atoms with E-state index in [0.29, 0.717) is 23.5 Å². The van der Waals surface area contributed by atoms with Gasteiger partial charge in [0, 0.05) is 0 Å². The highest BCUT2D eigenvalue weighted by molar-refractivity contribution is 5.04. The first-order valence-corrected chi connectivity index (χ1v) is 5.01. The summed E-state index contributed by atoms with van der Waals surface area (Å²) in [7, 11) is 0. The lowest BCUT2D eigenvalue weighted by molar-refractivity contribution is 0.206. The van der Waals surface area contributed by atoms with Crippen LogP contribution < -0.4 is 0 Å². The van der Waals surface area contributed by atoms with E-state index in [9.17, 15) is 0 Å². The molecule has 2 fully saturated rings. The first-order chi connectivity index (χ1) is 5.52. The molecule has 2 rings (SSSR count). The van der Waals surface area contributed by atoms with Gasteiger partial charge in [-0.1, -0.05) is 27.7 Å². The molecule has 12 heavy (non-hydrogen) atoms. The van der Waals surface area contributed by atoms with Gasteiger partial charge in [-0.15, -0.1) is 0 Å². The number of rotatable bonds is 1. The molecule has 0 aromatic carbocycles. The number of fused-ring (bicyclic) bond motifs is 1. The normalized spacial score (nSPS) is 44.2. The third-order valence-corrected chi connectivity index (χ3v) is 3.57. The highest BCUT2D eigenvalue weighted by Crippen LogP contribution is 2.52. The van der Waals surface area contributed by atoms with Crippen molar-refractivity contribution < 1.29 is 4.74 Å². The van der Waals surface area contributed by atoms with E-state index in [4.69, 9.17) is 4.74 Å². The van der Waals surface area contributed by atoms with E-state index in [0.717, 1.165) is 5.92 Å². The minimum atomic E-state index is 0.427. The standard InChI is InChI=1S/C11H19O/c1-7(2)8-5-6-11(3,4)10-9(8)12-10/h7-10H,1,5-6H2,2-4H3. The van der Waals surface area contributed by atoms with Crippen LogP contribution in [0.5, 0.6) is 0 Å². The molecule has 1 heterocycles. The average Bonchev–Trinajstić information content (AvgIpc) is 2.65. The van der Waals surface area contributed by atoms with E-state index in [1.54, 1.807) is 0 Å². The van der Waals surface area contributed by atoms with Crippen LogP contribution in [0.3, 0.4) is 0 Å². The Morgan fingerprint density at radius 2 is 2.17 bits per heavy atom. The summed E-state index contributed by atoms with van der Waals surface area (Å²) in [6.45, 7) is 11.0. The molecule has 1 saturated heterocycles. The van der Waals surface area contributed by atoms with Crippen molar-refractivity contribution >= 4 is 0 Å². The predicted molar refractivity (Wildman–Crippen MR) is 49.7 cm³/mol. The molecule has 0 N–H and O–H groups in total. The summed E-state index contributed by atoms with van der Waals surface area (Å²) in [4.78, 5) is 0. The van der Waals surface area contributed by atoms with Crippen molar-refractivity contribution in [1.82, 2.24) is 0 Å². The number of hydrogen-bond donors (Lipinski definition) is 0. The molecule has 69 valence electrons. The van der Waals surface area contributed by atoms with E-state index in [1.165, 1.54) is 12.8 Å². The monoisotopic (exact) mass is 167 g/mol. The van der Waals surface area contributed by atoms with Gasteiger partial charge in [0.2, 0.25) is 0 Å².